The summed E-state index contributed by atoms with van der Waals surface area (Å²) in [5.74, 6) is -0.618. The maximum Gasteiger partial charge on any atom is 0.305 e. The predicted molar refractivity (Wildman–Crippen MR) is 125 cm³/mol. The second-order valence-corrected chi connectivity index (χ2v) is 7.68. The number of furan rings is 1. The number of hydrazone groups is 1. The Kier molecular flexibility index (Phi) is 5.10. The van der Waals surface area contributed by atoms with E-state index in [1.54, 1.807) is 23.9 Å². The molecule has 3 heterocycles. The fourth-order valence-electron chi connectivity index (χ4n) is 3.74. The fraction of sp³-hybridized carbons (Fsp3) is 0.120. The van der Waals surface area contributed by atoms with Gasteiger partial charge in [-0.2, -0.15) is 15.2 Å². The van der Waals surface area contributed by atoms with Crippen LogP contribution in [0.5, 0.6) is 0 Å². The number of fused-ring (bicyclic) bond motifs is 1. The molecular weight excluding hydrogens is 420 g/mol. The number of aromatic nitrogens is 2. The number of carboxylic acids is 1. The van der Waals surface area contributed by atoms with Crippen molar-refractivity contribution in [2.24, 2.45) is 5.10 Å². The van der Waals surface area contributed by atoms with E-state index in [1.165, 1.54) is 5.01 Å². The molecule has 8 heteroatoms. The zero-order valence-electron chi connectivity index (χ0n) is 17.8. The van der Waals surface area contributed by atoms with Crippen molar-refractivity contribution in [2.75, 3.05) is 5.01 Å². The van der Waals surface area contributed by atoms with Crippen molar-refractivity contribution in [1.29, 1.82) is 0 Å². The average Bonchev–Trinajstić information content (AvgIpc) is 3.50. The number of amides is 1. The van der Waals surface area contributed by atoms with Gasteiger partial charge in [0.1, 0.15) is 11.3 Å². The van der Waals surface area contributed by atoms with E-state index >= 15 is 0 Å². The lowest BCUT2D eigenvalue weighted by atomic mass is 10.1. The van der Waals surface area contributed by atoms with E-state index in [4.69, 9.17) is 9.52 Å². The summed E-state index contributed by atoms with van der Waals surface area (Å²) in [4.78, 5) is 24.2. The molecule has 0 saturated heterocycles. The minimum atomic E-state index is -0.914. The van der Waals surface area contributed by atoms with Crippen LogP contribution in [0, 0.1) is 0 Å². The summed E-state index contributed by atoms with van der Waals surface area (Å²) in [5.41, 5.74) is 3.60. The highest BCUT2D eigenvalue weighted by atomic mass is 16.4. The largest absolute Gasteiger partial charge is 0.481 e. The van der Waals surface area contributed by atoms with E-state index in [2.05, 4.69) is 10.2 Å². The maximum absolute atomic E-state index is 13.1. The molecule has 0 atom stereocenters. The van der Waals surface area contributed by atoms with Gasteiger partial charge in [-0.15, -0.1) is 0 Å². The van der Waals surface area contributed by atoms with E-state index in [0.29, 0.717) is 34.0 Å². The lowest BCUT2D eigenvalue weighted by Gasteiger charge is -2.10. The van der Waals surface area contributed by atoms with Crippen LogP contribution in [-0.4, -0.2) is 32.5 Å². The number of benzene rings is 2. The molecule has 0 saturated carbocycles. The number of anilines is 1. The molecule has 1 aliphatic heterocycles. The molecule has 0 spiro atoms. The van der Waals surface area contributed by atoms with Crippen molar-refractivity contribution in [3.05, 3.63) is 78.0 Å². The van der Waals surface area contributed by atoms with Crippen LogP contribution in [0.2, 0.25) is 0 Å². The van der Waals surface area contributed by atoms with Crippen molar-refractivity contribution in [3.8, 4) is 11.5 Å². The molecule has 0 radical (unpaired) electrons. The first kappa shape index (κ1) is 20.4. The molecular formula is C25H20N4O4. The molecule has 0 unspecified atom stereocenters. The van der Waals surface area contributed by atoms with Gasteiger partial charge in [-0.3, -0.25) is 14.3 Å². The van der Waals surface area contributed by atoms with E-state index in [9.17, 15) is 9.59 Å². The Morgan fingerprint density at radius 3 is 2.64 bits per heavy atom. The van der Waals surface area contributed by atoms with Gasteiger partial charge in [-0.25, -0.2) is 0 Å². The van der Waals surface area contributed by atoms with Crippen LogP contribution >= 0.6 is 0 Å². The van der Waals surface area contributed by atoms with Crippen LogP contribution in [0.1, 0.15) is 18.9 Å². The van der Waals surface area contributed by atoms with Gasteiger partial charge in [-0.05, 0) is 37.3 Å². The lowest BCUT2D eigenvalue weighted by molar-refractivity contribution is -0.137. The topological polar surface area (TPSA) is 101 Å². The Balaban J connectivity index is 1.56. The summed E-state index contributed by atoms with van der Waals surface area (Å²) in [6, 6.07) is 18.7. The van der Waals surface area contributed by atoms with Crippen molar-refractivity contribution in [3.63, 3.8) is 0 Å². The molecule has 2 aromatic carbocycles. The SMILES string of the molecule is CC1=NN(c2ccccc2)C(=O)/C1=C\c1cn(CCC(=O)O)nc1-c1cc2ccccc2o1. The Bertz CT molecular complexity index is 1400. The molecule has 0 aliphatic carbocycles. The minimum Gasteiger partial charge on any atom is -0.481 e. The number of carbonyl (C=O) groups excluding carboxylic acids is 1. The number of carbonyl (C=O) groups is 2. The van der Waals surface area contributed by atoms with Gasteiger partial charge in [0.15, 0.2) is 5.76 Å². The van der Waals surface area contributed by atoms with E-state index < -0.39 is 5.97 Å². The van der Waals surface area contributed by atoms with Crippen molar-refractivity contribution < 1.29 is 19.1 Å². The summed E-state index contributed by atoms with van der Waals surface area (Å²) in [6.07, 6.45) is 3.39. The molecule has 5 rings (SSSR count). The zero-order chi connectivity index (χ0) is 22.9. The molecule has 4 aromatic rings. The zero-order valence-corrected chi connectivity index (χ0v) is 17.8. The Labute approximate surface area is 189 Å². The highest BCUT2D eigenvalue weighted by Gasteiger charge is 2.29. The van der Waals surface area contributed by atoms with Crippen LogP contribution in [0.25, 0.3) is 28.5 Å². The number of hydrogen-bond acceptors (Lipinski definition) is 5. The van der Waals surface area contributed by atoms with E-state index in [0.717, 1.165) is 11.0 Å². The number of nitrogens with zero attached hydrogens (tertiary/aromatic N) is 4. The molecule has 1 N–H and O–H groups in total. The van der Waals surface area contributed by atoms with E-state index in [-0.39, 0.29) is 18.9 Å². The number of para-hydroxylation sites is 2. The molecule has 164 valence electrons. The van der Waals surface area contributed by atoms with Crippen LogP contribution in [-0.2, 0) is 16.1 Å². The molecule has 1 aliphatic rings. The average molecular weight is 440 g/mol. The number of aliphatic carboxylic acids is 1. The summed E-state index contributed by atoms with van der Waals surface area (Å²) < 4.78 is 7.55. The van der Waals surface area contributed by atoms with Gasteiger partial charge in [-0.1, -0.05) is 36.4 Å². The standard InChI is InChI=1S/C25H20N4O4/c1-16-20(25(32)29(26-16)19-8-3-2-4-9-19)13-18-15-28(12-11-23(30)31)27-24(18)22-14-17-7-5-6-10-21(17)33-22/h2-10,13-15H,11-12H2,1H3,(H,30,31)/b20-13-. The van der Waals surface area contributed by atoms with E-state index in [1.807, 2.05) is 60.7 Å². The minimum absolute atomic E-state index is 0.0710. The molecule has 33 heavy (non-hydrogen) atoms. The predicted octanol–water partition coefficient (Wildman–Crippen LogP) is 4.58. The van der Waals surface area contributed by atoms with Crippen molar-refractivity contribution in [2.45, 2.75) is 19.9 Å². The van der Waals surface area contributed by atoms with Crippen LogP contribution in [0.3, 0.4) is 0 Å². The molecule has 1 amide bonds. The Morgan fingerprint density at radius 1 is 1.12 bits per heavy atom. The first-order chi connectivity index (χ1) is 16.0. The van der Waals surface area contributed by atoms with Gasteiger partial charge in [0.05, 0.1) is 29.9 Å². The third-order valence-electron chi connectivity index (χ3n) is 5.37. The second kappa shape index (κ2) is 8.23. The number of carboxylic acid groups (broad SMARTS) is 1. The fourth-order valence-corrected chi connectivity index (χ4v) is 3.74. The first-order valence-electron chi connectivity index (χ1n) is 10.4. The van der Waals surface area contributed by atoms with Gasteiger partial charge in [0, 0.05) is 17.1 Å². The smallest absolute Gasteiger partial charge is 0.305 e. The summed E-state index contributed by atoms with van der Waals surface area (Å²) in [6.45, 7) is 1.98. The second-order valence-electron chi connectivity index (χ2n) is 7.68. The Morgan fingerprint density at radius 2 is 1.88 bits per heavy atom. The normalized spacial score (nSPS) is 14.9. The molecule has 2 aromatic heterocycles. The molecule has 8 nitrogen and oxygen atoms in total. The van der Waals surface area contributed by atoms with Crippen molar-refractivity contribution >= 4 is 40.3 Å². The summed E-state index contributed by atoms with van der Waals surface area (Å²) in [5, 5.41) is 20.4. The molecule has 0 bridgehead atoms. The monoisotopic (exact) mass is 440 g/mol. The van der Waals surface area contributed by atoms with Crippen molar-refractivity contribution in [1.82, 2.24) is 9.78 Å². The third kappa shape index (κ3) is 3.94. The maximum atomic E-state index is 13.1. The summed E-state index contributed by atoms with van der Waals surface area (Å²) >= 11 is 0. The lowest BCUT2D eigenvalue weighted by Crippen LogP contribution is -2.21. The van der Waals surface area contributed by atoms with Crippen LogP contribution in [0.4, 0.5) is 5.69 Å². The van der Waals surface area contributed by atoms with Crippen LogP contribution < -0.4 is 5.01 Å². The third-order valence-corrected chi connectivity index (χ3v) is 5.37. The highest BCUT2D eigenvalue weighted by Crippen LogP contribution is 2.32. The van der Waals surface area contributed by atoms with Gasteiger partial charge in [0.25, 0.3) is 5.91 Å². The number of hydrogen-bond donors (Lipinski definition) is 1. The van der Waals surface area contributed by atoms with Gasteiger partial charge < -0.3 is 9.52 Å². The first-order valence-corrected chi connectivity index (χ1v) is 10.4. The highest BCUT2D eigenvalue weighted by molar-refractivity contribution is 6.32. The number of aryl methyl sites for hydroxylation is 1. The summed E-state index contributed by atoms with van der Waals surface area (Å²) in [7, 11) is 0. The van der Waals surface area contributed by atoms with Gasteiger partial charge in [0.2, 0.25) is 0 Å². The Hall–Kier alpha value is -4.46. The van der Waals surface area contributed by atoms with Crippen LogP contribution in [0.15, 0.2) is 82.0 Å². The quantitative estimate of drug-likeness (QED) is 0.443. The number of rotatable bonds is 6. The van der Waals surface area contributed by atoms with Gasteiger partial charge >= 0.3 is 5.97 Å². The molecule has 0 fully saturated rings.